The van der Waals surface area contributed by atoms with Crippen LogP contribution in [0, 0.1) is 5.92 Å². The fourth-order valence-electron chi connectivity index (χ4n) is 1.27. The number of rotatable bonds is 4. The van der Waals surface area contributed by atoms with Crippen molar-refractivity contribution in [1.29, 1.82) is 0 Å². The summed E-state index contributed by atoms with van der Waals surface area (Å²) in [6.45, 7) is 4.33. The number of H-pyrrole nitrogens is 1. The highest BCUT2D eigenvalue weighted by Crippen LogP contribution is 2.05. The average Bonchev–Trinajstić information content (AvgIpc) is 2.37. The van der Waals surface area contributed by atoms with Gasteiger partial charge in [-0.15, -0.1) is 0 Å². The van der Waals surface area contributed by atoms with E-state index in [9.17, 15) is 0 Å². The average molecular weight is 168 g/mol. The van der Waals surface area contributed by atoms with E-state index < -0.39 is 0 Å². The molecule has 0 amide bonds. The zero-order valence-electron chi connectivity index (χ0n) is 7.62. The van der Waals surface area contributed by atoms with Gasteiger partial charge in [-0.1, -0.05) is 13.8 Å². The lowest BCUT2D eigenvalue weighted by atomic mass is 10.0. The Balaban J connectivity index is 2.32. The van der Waals surface area contributed by atoms with Gasteiger partial charge in [0.25, 0.3) is 0 Å². The van der Waals surface area contributed by atoms with E-state index in [1.807, 2.05) is 0 Å². The van der Waals surface area contributed by atoms with Gasteiger partial charge >= 0.3 is 0 Å². The third-order valence-corrected chi connectivity index (χ3v) is 1.69. The smallest absolute Gasteiger partial charge is 0.137 e. The van der Waals surface area contributed by atoms with Crippen LogP contribution in [0.4, 0.5) is 0 Å². The molecule has 0 aliphatic heterocycles. The molecule has 0 aromatic carbocycles. The number of nitrogens with two attached hydrogens (primary N) is 1. The molecule has 4 heteroatoms. The molecule has 1 heterocycles. The molecule has 0 spiro atoms. The van der Waals surface area contributed by atoms with Crippen molar-refractivity contribution in [1.82, 2.24) is 15.2 Å². The van der Waals surface area contributed by atoms with Crippen LogP contribution in [-0.2, 0) is 6.42 Å². The summed E-state index contributed by atoms with van der Waals surface area (Å²) < 4.78 is 0. The van der Waals surface area contributed by atoms with Gasteiger partial charge in [0.1, 0.15) is 12.2 Å². The molecule has 4 nitrogen and oxygen atoms in total. The molecular formula is C8H16N4. The van der Waals surface area contributed by atoms with Crippen molar-refractivity contribution in [2.24, 2.45) is 11.7 Å². The van der Waals surface area contributed by atoms with Crippen LogP contribution in [-0.4, -0.2) is 21.2 Å². The number of nitrogens with one attached hydrogen (secondary N) is 1. The van der Waals surface area contributed by atoms with Crippen molar-refractivity contribution < 1.29 is 0 Å². The van der Waals surface area contributed by atoms with Crippen LogP contribution in [0.2, 0.25) is 0 Å². The lowest BCUT2D eigenvalue weighted by Crippen LogP contribution is -2.25. The molecule has 0 aliphatic rings. The normalized spacial score (nSPS) is 13.7. The van der Waals surface area contributed by atoms with E-state index in [4.69, 9.17) is 5.73 Å². The van der Waals surface area contributed by atoms with Gasteiger partial charge in [-0.05, 0) is 12.3 Å². The summed E-state index contributed by atoms with van der Waals surface area (Å²) in [7, 11) is 0. The van der Waals surface area contributed by atoms with Crippen LogP contribution >= 0.6 is 0 Å². The molecule has 0 aliphatic carbocycles. The summed E-state index contributed by atoms with van der Waals surface area (Å²) >= 11 is 0. The summed E-state index contributed by atoms with van der Waals surface area (Å²) in [4.78, 5) is 4.02. The lowest BCUT2D eigenvalue weighted by Gasteiger charge is -2.11. The Morgan fingerprint density at radius 1 is 1.58 bits per heavy atom. The molecule has 68 valence electrons. The number of hydrogen-bond donors (Lipinski definition) is 2. The van der Waals surface area contributed by atoms with E-state index >= 15 is 0 Å². The maximum Gasteiger partial charge on any atom is 0.137 e. The summed E-state index contributed by atoms with van der Waals surface area (Å²) in [5.41, 5.74) is 5.88. The second kappa shape index (κ2) is 4.21. The van der Waals surface area contributed by atoms with Crippen molar-refractivity contribution in [3.8, 4) is 0 Å². The fourth-order valence-corrected chi connectivity index (χ4v) is 1.27. The van der Waals surface area contributed by atoms with Crippen LogP contribution in [0.1, 0.15) is 26.1 Å². The molecule has 12 heavy (non-hydrogen) atoms. The van der Waals surface area contributed by atoms with Gasteiger partial charge < -0.3 is 5.73 Å². The predicted molar refractivity (Wildman–Crippen MR) is 47.5 cm³/mol. The minimum Gasteiger partial charge on any atom is -0.327 e. The Bertz CT molecular complexity index is 205. The summed E-state index contributed by atoms with van der Waals surface area (Å²) in [5.74, 6) is 1.52. The molecule has 0 bridgehead atoms. The first kappa shape index (κ1) is 9.19. The second-order valence-electron chi connectivity index (χ2n) is 3.53. The third kappa shape index (κ3) is 3.00. The highest BCUT2D eigenvalue weighted by molar-refractivity contribution is 4.85. The van der Waals surface area contributed by atoms with Crippen molar-refractivity contribution in [2.75, 3.05) is 0 Å². The zero-order valence-corrected chi connectivity index (χ0v) is 7.62. The van der Waals surface area contributed by atoms with Crippen LogP contribution in [0.15, 0.2) is 6.33 Å². The maximum atomic E-state index is 5.88. The molecule has 0 saturated carbocycles. The Kier molecular flexibility index (Phi) is 3.22. The van der Waals surface area contributed by atoms with Gasteiger partial charge in [-0.3, -0.25) is 5.10 Å². The lowest BCUT2D eigenvalue weighted by molar-refractivity contribution is 0.487. The van der Waals surface area contributed by atoms with Crippen molar-refractivity contribution in [3.05, 3.63) is 12.2 Å². The Morgan fingerprint density at radius 2 is 2.33 bits per heavy atom. The summed E-state index contributed by atoms with van der Waals surface area (Å²) in [6.07, 6.45) is 3.33. The van der Waals surface area contributed by atoms with E-state index in [1.54, 1.807) is 0 Å². The largest absolute Gasteiger partial charge is 0.327 e. The molecule has 0 fully saturated rings. The van der Waals surface area contributed by atoms with Crippen molar-refractivity contribution >= 4 is 0 Å². The van der Waals surface area contributed by atoms with E-state index in [2.05, 4.69) is 29.0 Å². The number of nitrogens with zero attached hydrogens (tertiary/aromatic N) is 2. The van der Waals surface area contributed by atoms with E-state index in [1.165, 1.54) is 6.33 Å². The molecule has 0 radical (unpaired) electrons. The molecule has 3 N–H and O–H groups in total. The highest BCUT2D eigenvalue weighted by Gasteiger charge is 2.07. The zero-order chi connectivity index (χ0) is 8.97. The molecule has 1 aromatic rings. The maximum absolute atomic E-state index is 5.88. The van der Waals surface area contributed by atoms with Gasteiger partial charge in [0.15, 0.2) is 0 Å². The first-order valence-corrected chi connectivity index (χ1v) is 4.28. The summed E-state index contributed by atoms with van der Waals surface area (Å²) in [5, 5.41) is 6.56. The minimum atomic E-state index is 0.193. The number of aromatic amines is 1. The number of aromatic nitrogens is 3. The SMILES string of the molecule is CC(C)CC(N)Cc1ncn[nH]1. The van der Waals surface area contributed by atoms with Gasteiger partial charge in [-0.2, -0.15) is 5.10 Å². The van der Waals surface area contributed by atoms with Gasteiger partial charge in [-0.25, -0.2) is 4.98 Å². The van der Waals surface area contributed by atoms with Crippen LogP contribution in [0.5, 0.6) is 0 Å². The van der Waals surface area contributed by atoms with Crippen molar-refractivity contribution in [3.63, 3.8) is 0 Å². The Morgan fingerprint density at radius 3 is 2.83 bits per heavy atom. The Labute approximate surface area is 72.6 Å². The minimum absolute atomic E-state index is 0.193. The Hall–Kier alpha value is -0.900. The molecule has 1 aromatic heterocycles. The predicted octanol–water partition coefficient (Wildman–Crippen LogP) is 0.721. The first-order valence-electron chi connectivity index (χ1n) is 4.28. The standard InChI is InChI=1S/C8H16N4/c1-6(2)3-7(9)4-8-10-5-11-12-8/h5-7H,3-4,9H2,1-2H3,(H,10,11,12). The van der Waals surface area contributed by atoms with Gasteiger partial charge in [0.05, 0.1) is 0 Å². The molecule has 1 rings (SSSR count). The third-order valence-electron chi connectivity index (χ3n) is 1.69. The topological polar surface area (TPSA) is 67.6 Å². The van der Waals surface area contributed by atoms with Crippen LogP contribution in [0.25, 0.3) is 0 Å². The highest BCUT2D eigenvalue weighted by atomic mass is 15.2. The van der Waals surface area contributed by atoms with E-state index in [-0.39, 0.29) is 6.04 Å². The van der Waals surface area contributed by atoms with Crippen LogP contribution in [0.3, 0.4) is 0 Å². The second-order valence-corrected chi connectivity index (χ2v) is 3.53. The quantitative estimate of drug-likeness (QED) is 0.696. The first-order chi connectivity index (χ1) is 5.68. The van der Waals surface area contributed by atoms with Gasteiger partial charge in [0, 0.05) is 12.5 Å². The molecule has 1 atom stereocenters. The van der Waals surface area contributed by atoms with Crippen molar-refractivity contribution in [2.45, 2.75) is 32.7 Å². The monoisotopic (exact) mass is 168 g/mol. The summed E-state index contributed by atoms with van der Waals surface area (Å²) in [6, 6.07) is 0.193. The van der Waals surface area contributed by atoms with E-state index in [0.717, 1.165) is 18.7 Å². The van der Waals surface area contributed by atoms with Crippen LogP contribution < -0.4 is 5.73 Å². The van der Waals surface area contributed by atoms with Gasteiger partial charge in [0.2, 0.25) is 0 Å². The number of hydrogen-bond acceptors (Lipinski definition) is 3. The van der Waals surface area contributed by atoms with E-state index in [0.29, 0.717) is 5.92 Å². The fraction of sp³-hybridized carbons (Fsp3) is 0.750. The molecular weight excluding hydrogens is 152 g/mol. The molecule has 0 saturated heterocycles. The molecule has 1 unspecified atom stereocenters.